The Morgan fingerprint density at radius 1 is 0.963 bits per heavy atom. The van der Waals surface area contributed by atoms with E-state index in [1.165, 1.54) is 17.0 Å². The maximum atomic E-state index is 13.0. The van der Waals surface area contributed by atoms with E-state index in [9.17, 15) is 18.0 Å². The minimum absolute atomic E-state index is 0.0321. The van der Waals surface area contributed by atoms with Crippen LogP contribution in [0.3, 0.4) is 0 Å². The zero-order chi connectivity index (χ0) is 19.2. The molecule has 0 unspecified atom stereocenters. The van der Waals surface area contributed by atoms with Crippen LogP contribution in [-0.2, 0) is 6.18 Å². The quantitative estimate of drug-likeness (QED) is 0.653. The second-order valence-corrected chi connectivity index (χ2v) is 6.32. The van der Waals surface area contributed by atoms with E-state index in [2.05, 4.69) is 9.97 Å². The number of likely N-dealkylation sites (N-methyl/N-ethyl adjacent to an activating group) is 1. The van der Waals surface area contributed by atoms with E-state index in [0.29, 0.717) is 35.8 Å². The van der Waals surface area contributed by atoms with Gasteiger partial charge in [-0.15, -0.1) is 0 Å². The molecule has 3 aromatic rings. The first-order valence-corrected chi connectivity index (χ1v) is 8.31. The van der Waals surface area contributed by atoms with Crippen molar-refractivity contribution in [3.63, 3.8) is 0 Å². The maximum absolute atomic E-state index is 13.0. The lowest BCUT2D eigenvalue weighted by Crippen LogP contribution is -2.43. The number of amides is 1. The number of hydrogen-bond donors (Lipinski definition) is 0. The third-order valence-corrected chi connectivity index (χ3v) is 4.49. The van der Waals surface area contributed by atoms with Crippen molar-refractivity contribution in [1.29, 1.82) is 0 Å². The molecular weight excluding hydrogens is 357 g/mol. The molecule has 0 saturated carbocycles. The van der Waals surface area contributed by atoms with Gasteiger partial charge in [-0.3, -0.25) is 9.69 Å². The summed E-state index contributed by atoms with van der Waals surface area (Å²) in [5.74, 6) is 0.352. The van der Waals surface area contributed by atoms with Crippen molar-refractivity contribution in [2.45, 2.75) is 6.18 Å². The molecule has 0 fully saturated rings. The third kappa shape index (κ3) is 3.07. The van der Waals surface area contributed by atoms with Gasteiger partial charge in [-0.2, -0.15) is 13.2 Å². The highest BCUT2D eigenvalue weighted by molar-refractivity contribution is 6.08. The summed E-state index contributed by atoms with van der Waals surface area (Å²) >= 11 is 0. The first-order chi connectivity index (χ1) is 12.8. The number of rotatable bonds is 1. The lowest BCUT2D eigenvalue weighted by Gasteiger charge is -2.33. The normalized spacial score (nSPS) is 14.4. The van der Waals surface area contributed by atoms with E-state index in [4.69, 9.17) is 0 Å². The molecule has 2 heterocycles. The molecule has 1 amide bonds. The van der Waals surface area contributed by atoms with E-state index in [1.807, 2.05) is 30.1 Å². The second-order valence-electron chi connectivity index (χ2n) is 6.32. The molecular formula is C19H15F3N4O. The van der Waals surface area contributed by atoms with Crippen molar-refractivity contribution in [2.75, 3.05) is 29.9 Å². The van der Waals surface area contributed by atoms with Crippen LogP contribution in [0.5, 0.6) is 0 Å². The number of carbonyl (C=O) groups excluding carboxylic acids is 1. The topological polar surface area (TPSA) is 49.3 Å². The van der Waals surface area contributed by atoms with E-state index >= 15 is 0 Å². The fraction of sp³-hybridized carbons (Fsp3) is 0.211. The Morgan fingerprint density at radius 3 is 2.30 bits per heavy atom. The van der Waals surface area contributed by atoms with Crippen LogP contribution in [0.4, 0.5) is 24.8 Å². The highest BCUT2D eigenvalue weighted by atomic mass is 19.4. The zero-order valence-corrected chi connectivity index (χ0v) is 14.4. The van der Waals surface area contributed by atoms with Gasteiger partial charge in [0.15, 0.2) is 11.6 Å². The maximum Gasteiger partial charge on any atom is 0.416 e. The van der Waals surface area contributed by atoms with Crippen molar-refractivity contribution < 1.29 is 18.0 Å². The van der Waals surface area contributed by atoms with Crippen LogP contribution in [0.2, 0.25) is 0 Å². The van der Waals surface area contributed by atoms with Crippen LogP contribution < -0.4 is 9.80 Å². The number of alkyl halides is 3. The number of carbonyl (C=O) groups is 1. The molecule has 0 radical (unpaired) electrons. The Labute approximate surface area is 153 Å². The smallest absolute Gasteiger partial charge is 0.355 e. The average Bonchev–Trinajstić information content (AvgIpc) is 2.66. The second kappa shape index (κ2) is 6.22. The predicted molar refractivity (Wildman–Crippen MR) is 95.9 cm³/mol. The number of aromatic nitrogens is 2. The monoisotopic (exact) mass is 372 g/mol. The summed E-state index contributed by atoms with van der Waals surface area (Å²) in [6.07, 6.45) is -4.51. The Bertz CT molecular complexity index is 1030. The molecule has 1 aliphatic rings. The fourth-order valence-electron chi connectivity index (χ4n) is 3.06. The molecule has 1 aliphatic heterocycles. The van der Waals surface area contributed by atoms with Crippen LogP contribution in [0, 0.1) is 0 Å². The first kappa shape index (κ1) is 17.3. The number of halogens is 3. The SMILES string of the molecule is CN1CCN(C(=O)c2cccc(C(F)(F)F)c2)c2nc3ccccc3nc21. The lowest BCUT2D eigenvalue weighted by molar-refractivity contribution is -0.137. The molecule has 138 valence electrons. The summed E-state index contributed by atoms with van der Waals surface area (Å²) in [6.45, 7) is 0.816. The Kier molecular flexibility index (Phi) is 3.98. The molecule has 0 bridgehead atoms. The van der Waals surface area contributed by atoms with Gasteiger partial charge in [0.25, 0.3) is 5.91 Å². The molecule has 1 aromatic heterocycles. The number of anilines is 2. The van der Waals surface area contributed by atoms with Gasteiger partial charge in [-0.1, -0.05) is 18.2 Å². The van der Waals surface area contributed by atoms with Crippen LogP contribution >= 0.6 is 0 Å². The van der Waals surface area contributed by atoms with Gasteiger partial charge >= 0.3 is 6.18 Å². The van der Waals surface area contributed by atoms with E-state index < -0.39 is 17.6 Å². The first-order valence-electron chi connectivity index (χ1n) is 8.31. The Morgan fingerprint density at radius 2 is 1.63 bits per heavy atom. The lowest BCUT2D eigenvalue weighted by atomic mass is 10.1. The van der Waals surface area contributed by atoms with Gasteiger partial charge in [0, 0.05) is 25.7 Å². The largest absolute Gasteiger partial charge is 0.416 e. The molecule has 0 atom stereocenters. The van der Waals surface area contributed by atoms with Crippen molar-refractivity contribution >= 4 is 28.6 Å². The molecule has 27 heavy (non-hydrogen) atoms. The zero-order valence-electron chi connectivity index (χ0n) is 14.4. The van der Waals surface area contributed by atoms with Crippen LogP contribution in [0.1, 0.15) is 15.9 Å². The molecule has 0 saturated heterocycles. The van der Waals surface area contributed by atoms with Gasteiger partial charge in [-0.25, -0.2) is 9.97 Å². The number of benzene rings is 2. The van der Waals surface area contributed by atoms with Crippen molar-refractivity contribution in [2.24, 2.45) is 0 Å². The number of nitrogens with zero attached hydrogens (tertiary/aromatic N) is 4. The highest BCUT2D eigenvalue weighted by Crippen LogP contribution is 2.33. The van der Waals surface area contributed by atoms with Gasteiger partial charge in [0.1, 0.15) is 0 Å². The van der Waals surface area contributed by atoms with E-state index in [1.54, 1.807) is 6.07 Å². The predicted octanol–water partition coefficient (Wildman–Crippen LogP) is 3.75. The summed E-state index contributed by atoms with van der Waals surface area (Å²) in [4.78, 5) is 25.3. The number of hydrogen-bond acceptors (Lipinski definition) is 4. The molecule has 0 N–H and O–H groups in total. The van der Waals surface area contributed by atoms with Gasteiger partial charge < -0.3 is 4.90 Å². The highest BCUT2D eigenvalue weighted by Gasteiger charge is 2.33. The van der Waals surface area contributed by atoms with E-state index in [-0.39, 0.29) is 5.56 Å². The van der Waals surface area contributed by atoms with Crippen molar-refractivity contribution in [1.82, 2.24) is 9.97 Å². The summed E-state index contributed by atoms with van der Waals surface area (Å²) in [5, 5.41) is 0. The molecule has 4 rings (SSSR count). The average molecular weight is 372 g/mol. The molecule has 2 aromatic carbocycles. The molecule has 5 nitrogen and oxygen atoms in total. The van der Waals surface area contributed by atoms with Crippen molar-refractivity contribution in [3.05, 3.63) is 59.7 Å². The minimum atomic E-state index is -4.51. The molecule has 0 spiro atoms. The summed E-state index contributed by atoms with van der Waals surface area (Å²) in [7, 11) is 1.84. The standard InChI is InChI=1S/C19H15F3N4O/c1-25-9-10-26(17-16(25)23-14-7-2-3-8-15(14)24-17)18(27)12-5-4-6-13(11-12)19(20,21)22/h2-8,11H,9-10H2,1H3. The summed E-state index contributed by atoms with van der Waals surface area (Å²) in [6, 6.07) is 11.7. The molecule has 8 heteroatoms. The van der Waals surface area contributed by atoms with E-state index in [0.717, 1.165) is 12.1 Å². The van der Waals surface area contributed by atoms with Crippen molar-refractivity contribution in [3.8, 4) is 0 Å². The Balaban J connectivity index is 1.79. The minimum Gasteiger partial charge on any atom is -0.355 e. The summed E-state index contributed by atoms with van der Waals surface area (Å²) in [5.41, 5.74) is 0.424. The van der Waals surface area contributed by atoms with Gasteiger partial charge in [0.2, 0.25) is 0 Å². The molecule has 0 aliphatic carbocycles. The Hall–Kier alpha value is -3.16. The number of fused-ring (bicyclic) bond motifs is 2. The van der Waals surface area contributed by atoms with Gasteiger partial charge in [-0.05, 0) is 30.3 Å². The third-order valence-electron chi connectivity index (χ3n) is 4.49. The van der Waals surface area contributed by atoms with Crippen LogP contribution in [0.15, 0.2) is 48.5 Å². The summed E-state index contributed by atoms with van der Waals surface area (Å²) < 4.78 is 39.0. The van der Waals surface area contributed by atoms with Crippen LogP contribution in [-0.4, -0.2) is 36.0 Å². The fourth-order valence-corrected chi connectivity index (χ4v) is 3.06. The van der Waals surface area contributed by atoms with Gasteiger partial charge in [0.05, 0.1) is 16.6 Å². The van der Waals surface area contributed by atoms with Crippen LogP contribution in [0.25, 0.3) is 11.0 Å². The number of para-hydroxylation sites is 2.